The van der Waals surface area contributed by atoms with Gasteiger partial charge in [0, 0.05) is 19.6 Å². The van der Waals surface area contributed by atoms with E-state index in [9.17, 15) is 0 Å². The zero-order valence-corrected chi connectivity index (χ0v) is 12.3. The van der Waals surface area contributed by atoms with E-state index in [2.05, 4.69) is 18.0 Å². The number of halogens is 2. The Hall–Kier alpha value is -0.280. The standard InChI is InChI=1S/C14H19Cl2NO/c1-17-6-5-12(11(8-17)9-18-2)10-3-4-13(15)14(16)7-10/h3-4,7,11-12H,5-6,8-9H2,1-2H3. The lowest BCUT2D eigenvalue weighted by molar-refractivity contribution is 0.0867. The van der Waals surface area contributed by atoms with Gasteiger partial charge >= 0.3 is 0 Å². The van der Waals surface area contributed by atoms with Crippen molar-refractivity contribution < 1.29 is 4.74 Å². The molecule has 0 amide bonds. The third-order valence-corrected chi connectivity index (χ3v) is 4.43. The maximum Gasteiger partial charge on any atom is 0.0595 e. The molecule has 0 radical (unpaired) electrons. The maximum absolute atomic E-state index is 6.11. The lowest BCUT2D eigenvalue weighted by Gasteiger charge is -2.36. The van der Waals surface area contributed by atoms with E-state index in [0.29, 0.717) is 21.9 Å². The minimum Gasteiger partial charge on any atom is -0.384 e. The molecule has 2 unspecified atom stereocenters. The number of likely N-dealkylation sites (tertiary alicyclic amines) is 1. The Labute approximate surface area is 119 Å². The molecule has 0 bridgehead atoms. The van der Waals surface area contributed by atoms with Crippen molar-refractivity contribution >= 4 is 23.2 Å². The lowest BCUT2D eigenvalue weighted by atomic mass is 9.81. The Bertz CT molecular complexity index is 411. The molecular formula is C14H19Cl2NO. The molecule has 1 aliphatic rings. The highest BCUT2D eigenvalue weighted by Crippen LogP contribution is 2.35. The van der Waals surface area contributed by atoms with Crippen LogP contribution < -0.4 is 0 Å². The number of hydrogen-bond acceptors (Lipinski definition) is 2. The summed E-state index contributed by atoms with van der Waals surface area (Å²) in [6.07, 6.45) is 1.14. The monoisotopic (exact) mass is 287 g/mol. The Morgan fingerprint density at radius 1 is 1.33 bits per heavy atom. The largest absolute Gasteiger partial charge is 0.384 e. The molecule has 1 aliphatic heterocycles. The molecule has 1 saturated heterocycles. The molecule has 100 valence electrons. The van der Waals surface area contributed by atoms with Crippen LogP contribution in [-0.2, 0) is 4.74 Å². The summed E-state index contributed by atoms with van der Waals surface area (Å²) in [5.74, 6) is 1.03. The van der Waals surface area contributed by atoms with Gasteiger partial charge in [-0.3, -0.25) is 0 Å². The van der Waals surface area contributed by atoms with Crippen LogP contribution in [0.2, 0.25) is 10.0 Å². The van der Waals surface area contributed by atoms with E-state index in [1.165, 1.54) is 5.56 Å². The summed E-state index contributed by atoms with van der Waals surface area (Å²) < 4.78 is 5.35. The van der Waals surface area contributed by atoms with Gasteiger partial charge in [-0.2, -0.15) is 0 Å². The van der Waals surface area contributed by atoms with Crippen LogP contribution in [-0.4, -0.2) is 38.8 Å². The van der Waals surface area contributed by atoms with Gasteiger partial charge in [-0.25, -0.2) is 0 Å². The average Bonchev–Trinajstić information content (AvgIpc) is 2.34. The van der Waals surface area contributed by atoms with E-state index in [1.807, 2.05) is 12.1 Å². The molecular weight excluding hydrogens is 269 g/mol. The highest BCUT2D eigenvalue weighted by atomic mass is 35.5. The lowest BCUT2D eigenvalue weighted by Crippen LogP contribution is -2.39. The summed E-state index contributed by atoms with van der Waals surface area (Å²) >= 11 is 12.1. The van der Waals surface area contributed by atoms with E-state index < -0.39 is 0 Å². The molecule has 18 heavy (non-hydrogen) atoms. The number of ether oxygens (including phenoxy) is 1. The maximum atomic E-state index is 6.11. The van der Waals surface area contributed by atoms with Crippen molar-refractivity contribution in [1.29, 1.82) is 0 Å². The molecule has 0 aromatic heterocycles. The molecule has 2 rings (SSSR count). The quantitative estimate of drug-likeness (QED) is 0.841. The summed E-state index contributed by atoms with van der Waals surface area (Å²) in [7, 11) is 3.92. The molecule has 0 aliphatic carbocycles. The van der Waals surface area contributed by atoms with Gasteiger partial charge in [0.15, 0.2) is 0 Å². The highest BCUT2D eigenvalue weighted by molar-refractivity contribution is 6.42. The third-order valence-electron chi connectivity index (χ3n) is 3.69. The first-order chi connectivity index (χ1) is 8.61. The number of hydrogen-bond donors (Lipinski definition) is 0. The van der Waals surface area contributed by atoms with Crippen LogP contribution in [0.25, 0.3) is 0 Å². The number of benzene rings is 1. The van der Waals surface area contributed by atoms with Crippen molar-refractivity contribution in [2.45, 2.75) is 12.3 Å². The first-order valence-corrected chi connectivity index (χ1v) is 7.00. The van der Waals surface area contributed by atoms with Crippen molar-refractivity contribution in [1.82, 2.24) is 4.90 Å². The van der Waals surface area contributed by atoms with Crippen molar-refractivity contribution in [3.63, 3.8) is 0 Å². The zero-order chi connectivity index (χ0) is 13.1. The first-order valence-electron chi connectivity index (χ1n) is 6.24. The van der Waals surface area contributed by atoms with E-state index in [1.54, 1.807) is 7.11 Å². The van der Waals surface area contributed by atoms with Crippen LogP contribution in [0.15, 0.2) is 18.2 Å². The van der Waals surface area contributed by atoms with Crippen LogP contribution in [0.1, 0.15) is 17.9 Å². The van der Waals surface area contributed by atoms with Gasteiger partial charge in [-0.1, -0.05) is 29.3 Å². The average molecular weight is 288 g/mol. The second-order valence-corrected chi connectivity index (χ2v) is 5.86. The molecule has 2 nitrogen and oxygen atoms in total. The zero-order valence-electron chi connectivity index (χ0n) is 10.8. The highest BCUT2D eigenvalue weighted by Gasteiger charge is 2.29. The van der Waals surface area contributed by atoms with Crippen LogP contribution in [0.5, 0.6) is 0 Å². The molecule has 1 fully saturated rings. The normalized spacial score (nSPS) is 25.3. The second kappa shape index (κ2) is 6.25. The summed E-state index contributed by atoms with van der Waals surface area (Å²) in [5.41, 5.74) is 1.28. The molecule has 2 atom stereocenters. The van der Waals surface area contributed by atoms with Gasteiger partial charge in [-0.05, 0) is 43.6 Å². The molecule has 0 saturated carbocycles. The number of rotatable bonds is 3. The summed E-state index contributed by atoms with van der Waals surface area (Å²) in [5, 5.41) is 1.26. The minimum atomic E-state index is 0.510. The topological polar surface area (TPSA) is 12.5 Å². The Kier molecular flexibility index (Phi) is 4.91. The van der Waals surface area contributed by atoms with Crippen LogP contribution >= 0.6 is 23.2 Å². The Morgan fingerprint density at radius 3 is 2.78 bits per heavy atom. The van der Waals surface area contributed by atoms with E-state index >= 15 is 0 Å². The summed E-state index contributed by atoms with van der Waals surface area (Å²) in [6.45, 7) is 2.97. The fourth-order valence-corrected chi connectivity index (χ4v) is 3.09. The summed E-state index contributed by atoms with van der Waals surface area (Å²) in [6, 6.07) is 5.98. The molecule has 1 aromatic carbocycles. The van der Waals surface area contributed by atoms with Crippen LogP contribution in [0.3, 0.4) is 0 Å². The smallest absolute Gasteiger partial charge is 0.0595 e. The third kappa shape index (κ3) is 3.18. The molecule has 1 aromatic rings. The number of piperidine rings is 1. The van der Waals surface area contributed by atoms with E-state index in [0.717, 1.165) is 26.1 Å². The first kappa shape index (κ1) is 14.1. The van der Waals surface area contributed by atoms with Gasteiger partial charge in [0.05, 0.1) is 16.7 Å². The molecule has 0 spiro atoms. The van der Waals surface area contributed by atoms with Gasteiger partial charge in [0.2, 0.25) is 0 Å². The number of nitrogens with zero attached hydrogens (tertiary/aromatic N) is 1. The van der Waals surface area contributed by atoms with Gasteiger partial charge in [-0.15, -0.1) is 0 Å². The van der Waals surface area contributed by atoms with Crippen molar-refractivity contribution in [2.75, 3.05) is 33.9 Å². The van der Waals surface area contributed by atoms with Gasteiger partial charge in [0.1, 0.15) is 0 Å². The molecule has 0 N–H and O–H groups in total. The molecule has 4 heteroatoms. The van der Waals surface area contributed by atoms with Crippen molar-refractivity contribution in [3.8, 4) is 0 Å². The van der Waals surface area contributed by atoms with Crippen LogP contribution in [0.4, 0.5) is 0 Å². The Balaban J connectivity index is 2.20. The van der Waals surface area contributed by atoms with Crippen molar-refractivity contribution in [3.05, 3.63) is 33.8 Å². The fourth-order valence-electron chi connectivity index (χ4n) is 2.78. The molecule has 1 heterocycles. The summed E-state index contributed by atoms with van der Waals surface area (Å²) in [4.78, 5) is 2.36. The van der Waals surface area contributed by atoms with Crippen molar-refractivity contribution in [2.24, 2.45) is 5.92 Å². The minimum absolute atomic E-state index is 0.510. The van der Waals surface area contributed by atoms with Gasteiger partial charge < -0.3 is 9.64 Å². The second-order valence-electron chi connectivity index (χ2n) is 5.05. The predicted molar refractivity (Wildman–Crippen MR) is 76.7 cm³/mol. The Morgan fingerprint density at radius 2 is 2.11 bits per heavy atom. The van der Waals surface area contributed by atoms with E-state index in [-0.39, 0.29) is 0 Å². The van der Waals surface area contributed by atoms with Crippen LogP contribution in [0, 0.1) is 5.92 Å². The van der Waals surface area contributed by atoms with E-state index in [4.69, 9.17) is 27.9 Å². The SMILES string of the molecule is COCC1CN(C)CCC1c1ccc(Cl)c(Cl)c1. The fraction of sp³-hybridized carbons (Fsp3) is 0.571. The predicted octanol–water partition coefficient (Wildman–Crippen LogP) is 3.68. The van der Waals surface area contributed by atoms with Gasteiger partial charge in [0.25, 0.3) is 0 Å². The number of methoxy groups -OCH3 is 1.